The molecule has 1 aliphatic rings. The predicted octanol–water partition coefficient (Wildman–Crippen LogP) is 3.23. The Morgan fingerprint density at radius 2 is 1.82 bits per heavy atom. The number of rotatable bonds is 3. The Hall–Kier alpha value is -2.27. The largest absolute Gasteiger partial charge is 0.497 e. The number of nitrogens with zero attached hydrogens (tertiary/aromatic N) is 1. The van der Waals surface area contributed by atoms with Crippen molar-refractivity contribution in [1.82, 2.24) is 0 Å². The second kappa shape index (κ2) is 5.50. The van der Waals surface area contributed by atoms with Crippen LogP contribution in [0.2, 0.25) is 0 Å². The van der Waals surface area contributed by atoms with Gasteiger partial charge in [-0.3, -0.25) is 4.31 Å². The summed E-state index contributed by atoms with van der Waals surface area (Å²) in [5, 5.41) is 0. The lowest BCUT2D eigenvalue weighted by molar-refractivity contribution is 0.414. The van der Waals surface area contributed by atoms with Crippen molar-refractivity contribution in [3.8, 4) is 5.75 Å². The smallest absolute Gasteiger partial charge is 0.264 e. The molecule has 0 fully saturated rings. The maximum Gasteiger partial charge on any atom is 0.264 e. The molecule has 0 saturated heterocycles. The maximum absolute atomic E-state index is 12.9. The highest BCUT2D eigenvalue weighted by molar-refractivity contribution is 7.92. The van der Waals surface area contributed by atoms with E-state index in [1.165, 1.54) is 4.31 Å². The van der Waals surface area contributed by atoms with Gasteiger partial charge in [0.25, 0.3) is 10.0 Å². The van der Waals surface area contributed by atoms with Crippen LogP contribution in [-0.4, -0.2) is 22.1 Å². The van der Waals surface area contributed by atoms with Crippen molar-refractivity contribution in [2.24, 2.45) is 0 Å². The van der Waals surface area contributed by atoms with Crippen LogP contribution in [0.5, 0.6) is 5.75 Å². The fourth-order valence-electron chi connectivity index (χ4n) is 2.46. The molecule has 1 aliphatic heterocycles. The molecule has 5 heteroatoms. The van der Waals surface area contributed by atoms with E-state index in [2.05, 4.69) is 0 Å². The third-order valence-corrected chi connectivity index (χ3v) is 5.47. The van der Waals surface area contributed by atoms with E-state index in [0.29, 0.717) is 22.9 Å². The zero-order chi connectivity index (χ0) is 15.7. The summed E-state index contributed by atoms with van der Waals surface area (Å²) in [6.45, 7) is 2.26. The van der Waals surface area contributed by atoms with Crippen LogP contribution in [0.15, 0.2) is 53.4 Å². The first-order valence-corrected chi connectivity index (χ1v) is 8.40. The predicted molar refractivity (Wildman–Crippen MR) is 87.7 cm³/mol. The van der Waals surface area contributed by atoms with Gasteiger partial charge >= 0.3 is 0 Å². The van der Waals surface area contributed by atoms with E-state index in [1.807, 2.05) is 37.3 Å². The molecule has 0 radical (unpaired) electrons. The Morgan fingerprint density at radius 1 is 1.09 bits per heavy atom. The Morgan fingerprint density at radius 3 is 2.50 bits per heavy atom. The lowest BCUT2D eigenvalue weighted by atomic mass is 10.1. The van der Waals surface area contributed by atoms with Crippen LogP contribution in [-0.2, 0) is 10.0 Å². The SMILES string of the molecule is COc1ccc2c(c1)C=CCN2S(=O)(=O)c1ccc(C)cc1. The van der Waals surface area contributed by atoms with Gasteiger partial charge in [-0.15, -0.1) is 0 Å². The quantitative estimate of drug-likeness (QED) is 0.873. The van der Waals surface area contributed by atoms with E-state index in [9.17, 15) is 8.42 Å². The molecule has 0 aromatic heterocycles. The fourth-order valence-corrected chi connectivity index (χ4v) is 3.90. The summed E-state index contributed by atoms with van der Waals surface area (Å²) >= 11 is 0. The molecule has 2 aromatic rings. The van der Waals surface area contributed by atoms with Crippen molar-refractivity contribution in [3.63, 3.8) is 0 Å². The zero-order valence-corrected chi connectivity index (χ0v) is 13.3. The number of hydrogen-bond donors (Lipinski definition) is 0. The Kier molecular flexibility index (Phi) is 3.66. The van der Waals surface area contributed by atoms with Gasteiger partial charge in [-0.25, -0.2) is 8.42 Å². The molecule has 0 amide bonds. The molecule has 0 unspecified atom stereocenters. The Bertz CT molecular complexity index is 823. The van der Waals surface area contributed by atoms with Crippen LogP contribution >= 0.6 is 0 Å². The lowest BCUT2D eigenvalue weighted by Crippen LogP contribution is -2.33. The van der Waals surface area contributed by atoms with Gasteiger partial charge in [0.15, 0.2) is 0 Å². The van der Waals surface area contributed by atoms with Crippen molar-refractivity contribution in [3.05, 3.63) is 59.7 Å². The first-order chi connectivity index (χ1) is 10.5. The number of sulfonamides is 1. The minimum atomic E-state index is -3.57. The number of hydrogen-bond acceptors (Lipinski definition) is 3. The Labute approximate surface area is 130 Å². The first kappa shape index (κ1) is 14.7. The summed E-state index contributed by atoms with van der Waals surface area (Å²) in [4.78, 5) is 0.301. The second-order valence-electron chi connectivity index (χ2n) is 5.18. The summed E-state index contributed by atoms with van der Waals surface area (Å²) in [6.07, 6.45) is 3.76. The van der Waals surface area contributed by atoms with Gasteiger partial charge < -0.3 is 4.74 Å². The van der Waals surface area contributed by atoms with Crippen LogP contribution < -0.4 is 9.04 Å². The van der Waals surface area contributed by atoms with Crippen molar-refractivity contribution in [2.75, 3.05) is 18.0 Å². The minimum Gasteiger partial charge on any atom is -0.497 e. The van der Waals surface area contributed by atoms with Gasteiger partial charge in [-0.2, -0.15) is 0 Å². The molecule has 2 aromatic carbocycles. The van der Waals surface area contributed by atoms with Crippen LogP contribution in [0.25, 0.3) is 6.08 Å². The van der Waals surface area contributed by atoms with Crippen molar-refractivity contribution >= 4 is 21.8 Å². The molecule has 3 rings (SSSR count). The summed E-state index contributed by atoms with van der Waals surface area (Å²) in [5.74, 6) is 0.706. The molecule has 114 valence electrons. The maximum atomic E-state index is 12.9. The molecular formula is C17H17NO3S. The van der Waals surface area contributed by atoms with Crippen LogP contribution in [0.3, 0.4) is 0 Å². The summed E-state index contributed by atoms with van der Waals surface area (Å²) < 4.78 is 32.4. The first-order valence-electron chi connectivity index (χ1n) is 6.96. The molecule has 0 N–H and O–H groups in total. The number of benzene rings is 2. The number of fused-ring (bicyclic) bond motifs is 1. The lowest BCUT2D eigenvalue weighted by Gasteiger charge is -2.27. The average Bonchev–Trinajstić information content (AvgIpc) is 2.54. The van der Waals surface area contributed by atoms with E-state index in [4.69, 9.17) is 4.74 Å². The van der Waals surface area contributed by atoms with Gasteiger partial charge in [0, 0.05) is 5.56 Å². The molecule has 0 saturated carbocycles. The van der Waals surface area contributed by atoms with Crippen molar-refractivity contribution < 1.29 is 13.2 Å². The number of aryl methyl sites for hydroxylation is 1. The highest BCUT2D eigenvalue weighted by Gasteiger charge is 2.27. The van der Waals surface area contributed by atoms with Crippen LogP contribution in [0, 0.1) is 6.92 Å². The van der Waals surface area contributed by atoms with Crippen molar-refractivity contribution in [2.45, 2.75) is 11.8 Å². The van der Waals surface area contributed by atoms with Crippen LogP contribution in [0.1, 0.15) is 11.1 Å². The molecule has 0 atom stereocenters. The average molecular weight is 315 g/mol. The number of anilines is 1. The minimum absolute atomic E-state index is 0.301. The van der Waals surface area contributed by atoms with Gasteiger partial charge in [0.2, 0.25) is 0 Å². The summed E-state index contributed by atoms with van der Waals surface area (Å²) in [7, 11) is -1.98. The van der Waals surface area contributed by atoms with Gasteiger partial charge in [-0.1, -0.05) is 29.8 Å². The van der Waals surface area contributed by atoms with E-state index in [-0.39, 0.29) is 0 Å². The highest BCUT2D eigenvalue weighted by atomic mass is 32.2. The number of methoxy groups -OCH3 is 1. The molecule has 0 spiro atoms. The summed E-state index contributed by atoms with van der Waals surface area (Å²) in [6, 6.07) is 12.3. The molecule has 1 heterocycles. The van der Waals surface area contributed by atoms with Crippen LogP contribution in [0.4, 0.5) is 5.69 Å². The second-order valence-corrected chi connectivity index (χ2v) is 7.04. The fraction of sp³-hybridized carbons (Fsp3) is 0.176. The van der Waals surface area contributed by atoms with E-state index < -0.39 is 10.0 Å². The Balaban J connectivity index is 2.06. The van der Waals surface area contributed by atoms with E-state index in [1.54, 1.807) is 31.4 Å². The topological polar surface area (TPSA) is 46.6 Å². The van der Waals surface area contributed by atoms with Gasteiger partial charge in [0.05, 0.1) is 24.2 Å². The molecular weight excluding hydrogens is 298 g/mol. The van der Waals surface area contributed by atoms with Gasteiger partial charge in [-0.05, 0) is 37.3 Å². The highest BCUT2D eigenvalue weighted by Crippen LogP contribution is 2.33. The zero-order valence-electron chi connectivity index (χ0n) is 12.5. The molecule has 4 nitrogen and oxygen atoms in total. The van der Waals surface area contributed by atoms with E-state index >= 15 is 0 Å². The normalized spacial score (nSPS) is 13.8. The van der Waals surface area contributed by atoms with Crippen molar-refractivity contribution in [1.29, 1.82) is 0 Å². The standard InChI is InChI=1S/C17H17NO3S/c1-13-5-8-16(9-6-13)22(19,20)18-11-3-4-14-12-15(21-2)7-10-17(14)18/h3-10,12H,11H2,1-2H3. The molecule has 0 bridgehead atoms. The monoisotopic (exact) mass is 315 g/mol. The third kappa shape index (κ3) is 2.48. The molecule has 22 heavy (non-hydrogen) atoms. The summed E-state index contributed by atoms with van der Waals surface area (Å²) in [5.41, 5.74) is 2.53. The van der Waals surface area contributed by atoms with Gasteiger partial charge in [0.1, 0.15) is 5.75 Å². The van der Waals surface area contributed by atoms with E-state index in [0.717, 1.165) is 11.1 Å². The molecule has 0 aliphatic carbocycles. The third-order valence-electron chi connectivity index (χ3n) is 3.68. The number of ether oxygens (including phenoxy) is 1.